The number of rotatable bonds is 2. The van der Waals surface area contributed by atoms with E-state index < -0.39 is 0 Å². The average Bonchev–Trinajstić information content (AvgIpc) is 3.30. The Morgan fingerprint density at radius 1 is 0.351 bits per heavy atom. The third kappa shape index (κ3) is 3.04. The van der Waals surface area contributed by atoms with E-state index in [1.165, 1.54) is 70.9 Å². The van der Waals surface area contributed by atoms with Crippen molar-refractivity contribution >= 4 is 54.1 Å². The molecule has 0 spiro atoms. The summed E-state index contributed by atoms with van der Waals surface area (Å²) in [5.41, 5.74) is 6.23. The second kappa shape index (κ2) is 7.81. The minimum atomic E-state index is 1.19. The van der Waals surface area contributed by atoms with Crippen LogP contribution in [0.5, 0.6) is 0 Å². The minimum Gasteiger partial charge on any atom is -0.309 e. The third-order valence-electron chi connectivity index (χ3n) is 7.72. The molecule has 172 valence electrons. The fraction of sp³-hybridized carbons (Fsp3) is 0. The van der Waals surface area contributed by atoms with Crippen molar-refractivity contribution < 1.29 is 0 Å². The van der Waals surface area contributed by atoms with Crippen LogP contribution in [0.15, 0.2) is 140 Å². The van der Waals surface area contributed by atoms with Crippen molar-refractivity contribution in [3.63, 3.8) is 0 Å². The molecule has 0 N–H and O–H groups in total. The fourth-order valence-electron chi connectivity index (χ4n) is 6.05. The summed E-state index contributed by atoms with van der Waals surface area (Å²) >= 11 is 0. The Bertz CT molecular complexity index is 2040. The van der Waals surface area contributed by atoms with Gasteiger partial charge in [-0.2, -0.15) is 0 Å². The van der Waals surface area contributed by atoms with Crippen molar-refractivity contribution in [2.45, 2.75) is 0 Å². The number of hydrogen-bond donors (Lipinski definition) is 0. The van der Waals surface area contributed by atoms with Crippen LogP contribution in [0.2, 0.25) is 0 Å². The summed E-state index contributed by atoms with van der Waals surface area (Å²) in [6, 6.07) is 50.8. The molecule has 0 amide bonds. The SMILES string of the molecule is c1ccc2c(-c3ccc4cc(-n5c6ccccc6c6ccccc65)ccc4c3)c3ccccc3cc2c1. The van der Waals surface area contributed by atoms with Crippen LogP contribution >= 0.6 is 0 Å². The zero-order valence-electron chi connectivity index (χ0n) is 20.2. The Kier molecular flexibility index (Phi) is 4.29. The van der Waals surface area contributed by atoms with Crippen LogP contribution in [0, 0.1) is 0 Å². The molecular weight excluding hydrogens is 446 g/mol. The number of benzene rings is 7. The molecular formula is C36H23N. The van der Waals surface area contributed by atoms with E-state index in [-0.39, 0.29) is 0 Å². The first-order chi connectivity index (χ1) is 18.3. The Labute approximate surface area is 214 Å². The van der Waals surface area contributed by atoms with Crippen molar-refractivity contribution in [1.82, 2.24) is 4.57 Å². The molecule has 0 saturated heterocycles. The maximum Gasteiger partial charge on any atom is 0.0541 e. The fourth-order valence-corrected chi connectivity index (χ4v) is 6.05. The van der Waals surface area contributed by atoms with Gasteiger partial charge >= 0.3 is 0 Å². The molecule has 0 aliphatic rings. The Morgan fingerprint density at radius 2 is 0.865 bits per heavy atom. The summed E-state index contributed by atoms with van der Waals surface area (Å²) in [5.74, 6) is 0. The van der Waals surface area contributed by atoms with Crippen LogP contribution in [0.1, 0.15) is 0 Å². The van der Waals surface area contributed by atoms with Gasteiger partial charge in [0.25, 0.3) is 0 Å². The quantitative estimate of drug-likeness (QED) is 0.222. The van der Waals surface area contributed by atoms with E-state index in [0.717, 1.165) is 0 Å². The first-order valence-corrected chi connectivity index (χ1v) is 12.8. The molecule has 8 rings (SSSR count). The summed E-state index contributed by atoms with van der Waals surface area (Å²) in [4.78, 5) is 0. The number of aromatic nitrogens is 1. The second-order valence-electron chi connectivity index (χ2n) is 9.81. The lowest BCUT2D eigenvalue weighted by molar-refractivity contribution is 1.19. The monoisotopic (exact) mass is 469 g/mol. The van der Waals surface area contributed by atoms with Gasteiger partial charge < -0.3 is 4.57 Å². The third-order valence-corrected chi connectivity index (χ3v) is 7.72. The molecule has 8 aromatic rings. The summed E-state index contributed by atoms with van der Waals surface area (Å²) in [6.45, 7) is 0. The van der Waals surface area contributed by atoms with Crippen molar-refractivity contribution in [1.29, 1.82) is 0 Å². The summed E-state index contributed by atoms with van der Waals surface area (Å²) in [6.07, 6.45) is 0. The average molecular weight is 470 g/mol. The second-order valence-corrected chi connectivity index (χ2v) is 9.81. The minimum absolute atomic E-state index is 1.19. The van der Waals surface area contributed by atoms with Crippen LogP contribution < -0.4 is 0 Å². The molecule has 0 fully saturated rings. The molecule has 0 aliphatic carbocycles. The van der Waals surface area contributed by atoms with E-state index in [1.54, 1.807) is 0 Å². The maximum atomic E-state index is 2.39. The summed E-state index contributed by atoms with van der Waals surface area (Å²) in [5, 5.41) is 10.2. The zero-order valence-corrected chi connectivity index (χ0v) is 20.2. The highest BCUT2D eigenvalue weighted by Crippen LogP contribution is 2.38. The molecule has 0 unspecified atom stereocenters. The standard InChI is InChI=1S/C36H23N/c1-3-11-30-26(9-1)22-27-10-2-4-12-31(27)36(30)28-18-17-25-23-29(20-19-24(25)21-28)37-34-15-7-5-13-32(34)33-14-6-8-16-35(33)37/h1-23H. The highest BCUT2D eigenvalue weighted by molar-refractivity contribution is 6.13. The predicted molar refractivity (Wildman–Crippen MR) is 159 cm³/mol. The lowest BCUT2D eigenvalue weighted by Crippen LogP contribution is -1.93. The topological polar surface area (TPSA) is 4.93 Å². The van der Waals surface area contributed by atoms with Crippen LogP contribution in [0.25, 0.3) is 70.9 Å². The van der Waals surface area contributed by atoms with Crippen LogP contribution in [-0.2, 0) is 0 Å². The lowest BCUT2D eigenvalue weighted by atomic mass is 9.91. The number of hydrogen-bond acceptors (Lipinski definition) is 0. The molecule has 0 aliphatic heterocycles. The smallest absolute Gasteiger partial charge is 0.0541 e. The van der Waals surface area contributed by atoms with E-state index in [9.17, 15) is 0 Å². The molecule has 0 radical (unpaired) electrons. The van der Waals surface area contributed by atoms with Gasteiger partial charge in [0.1, 0.15) is 0 Å². The first-order valence-electron chi connectivity index (χ1n) is 12.8. The molecule has 1 heterocycles. The van der Waals surface area contributed by atoms with Crippen molar-refractivity contribution in [3.8, 4) is 16.8 Å². The van der Waals surface area contributed by atoms with Gasteiger partial charge in [-0.25, -0.2) is 0 Å². The van der Waals surface area contributed by atoms with Gasteiger partial charge in [-0.05, 0) is 79.8 Å². The van der Waals surface area contributed by atoms with Gasteiger partial charge in [0.2, 0.25) is 0 Å². The number of nitrogens with zero attached hydrogens (tertiary/aromatic N) is 1. The van der Waals surface area contributed by atoms with Crippen molar-refractivity contribution in [3.05, 3.63) is 140 Å². The summed E-state index contributed by atoms with van der Waals surface area (Å²) in [7, 11) is 0. The Balaban J connectivity index is 1.35. The normalized spacial score (nSPS) is 11.8. The predicted octanol–water partition coefficient (Wildman–Crippen LogP) is 9.91. The van der Waals surface area contributed by atoms with E-state index >= 15 is 0 Å². The van der Waals surface area contributed by atoms with Gasteiger partial charge in [0.15, 0.2) is 0 Å². The molecule has 0 saturated carbocycles. The molecule has 1 nitrogen and oxygen atoms in total. The molecule has 0 atom stereocenters. The van der Waals surface area contributed by atoms with E-state index in [2.05, 4.69) is 144 Å². The van der Waals surface area contributed by atoms with Gasteiger partial charge in [0.05, 0.1) is 11.0 Å². The Hall–Kier alpha value is -4.88. The molecule has 0 bridgehead atoms. The maximum absolute atomic E-state index is 2.39. The van der Waals surface area contributed by atoms with Gasteiger partial charge in [0, 0.05) is 16.5 Å². The first kappa shape index (κ1) is 20.3. The van der Waals surface area contributed by atoms with Gasteiger partial charge in [-0.3, -0.25) is 0 Å². The largest absolute Gasteiger partial charge is 0.309 e. The van der Waals surface area contributed by atoms with E-state index in [4.69, 9.17) is 0 Å². The van der Waals surface area contributed by atoms with Gasteiger partial charge in [-0.15, -0.1) is 0 Å². The molecule has 1 heteroatoms. The molecule has 37 heavy (non-hydrogen) atoms. The van der Waals surface area contributed by atoms with E-state index in [0.29, 0.717) is 0 Å². The van der Waals surface area contributed by atoms with Crippen LogP contribution in [0.3, 0.4) is 0 Å². The van der Waals surface area contributed by atoms with E-state index in [1.807, 2.05) is 0 Å². The highest BCUT2D eigenvalue weighted by atomic mass is 15.0. The number of para-hydroxylation sites is 2. The number of fused-ring (bicyclic) bond motifs is 6. The Morgan fingerprint density at radius 3 is 1.51 bits per heavy atom. The highest BCUT2D eigenvalue weighted by Gasteiger charge is 2.13. The molecule has 7 aromatic carbocycles. The molecule has 1 aromatic heterocycles. The lowest BCUT2D eigenvalue weighted by Gasteiger charge is -2.14. The van der Waals surface area contributed by atoms with Crippen LogP contribution in [-0.4, -0.2) is 4.57 Å². The van der Waals surface area contributed by atoms with Gasteiger partial charge in [-0.1, -0.05) is 103 Å². The van der Waals surface area contributed by atoms with Crippen molar-refractivity contribution in [2.75, 3.05) is 0 Å². The van der Waals surface area contributed by atoms with Crippen LogP contribution in [0.4, 0.5) is 0 Å². The zero-order chi connectivity index (χ0) is 24.3. The van der Waals surface area contributed by atoms with Crippen molar-refractivity contribution in [2.24, 2.45) is 0 Å². The summed E-state index contributed by atoms with van der Waals surface area (Å²) < 4.78 is 2.39.